The van der Waals surface area contributed by atoms with E-state index in [1.165, 1.54) is 59.4 Å². The zero-order chi connectivity index (χ0) is 57.5. The lowest BCUT2D eigenvalue weighted by Crippen LogP contribution is -2.71. The number of ether oxygens (including phenoxy) is 3. The van der Waals surface area contributed by atoms with Crippen molar-refractivity contribution in [1.82, 2.24) is 30.6 Å². The highest BCUT2D eigenvalue weighted by atomic mass is 32.2. The first-order chi connectivity index (χ1) is 38.7. The van der Waals surface area contributed by atoms with Crippen LogP contribution < -0.4 is 10.6 Å². The van der Waals surface area contributed by atoms with Gasteiger partial charge >= 0.3 is 18.0 Å². The number of aromatic amines is 1. The van der Waals surface area contributed by atoms with E-state index in [4.69, 9.17) is 19.0 Å². The molecule has 1 unspecified atom stereocenters. The lowest BCUT2D eigenvalue weighted by Gasteiger charge is -2.50. The van der Waals surface area contributed by atoms with Gasteiger partial charge in [0.05, 0.1) is 16.2 Å². The number of fused-ring (bicyclic) bond motifs is 1. The van der Waals surface area contributed by atoms with Crippen LogP contribution in [0.2, 0.25) is 0 Å². The average molecular weight is 1170 g/mol. The number of benzene rings is 5. The van der Waals surface area contributed by atoms with Crippen molar-refractivity contribution in [2.24, 2.45) is 5.16 Å². The van der Waals surface area contributed by atoms with Crippen molar-refractivity contribution in [3.63, 3.8) is 0 Å². The topological polar surface area (TPSA) is 216 Å². The van der Waals surface area contributed by atoms with Gasteiger partial charge in [0.1, 0.15) is 39.0 Å². The molecule has 2 aromatic heterocycles. The summed E-state index contributed by atoms with van der Waals surface area (Å²) in [6.45, 7) is 13.1. The lowest BCUT2D eigenvalue weighted by molar-refractivity contribution is -0.179. The molecule has 81 heavy (non-hydrogen) atoms. The second-order valence-corrected chi connectivity index (χ2v) is 25.8. The molecule has 1 saturated heterocycles. The highest BCUT2D eigenvalue weighted by molar-refractivity contribution is 8.19. The molecule has 3 amide bonds. The Hall–Kier alpha value is -7.72. The van der Waals surface area contributed by atoms with Gasteiger partial charge in [-0.3, -0.25) is 19.8 Å². The Morgan fingerprint density at radius 3 is 1.77 bits per heavy atom. The van der Waals surface area contributed by atoms with Gasteiger partial charge in [-0.05, 0) is 83.2 Å². The van der Waals surface area contributed by atoms with E-state index in [1.807, 2.05) is 115 Å². The fourth-order valence-electron chi connectivity index (χ4n) is 8.96. The van der Waals surface area contributed by atoms with E-state index in [-0.39, 0.29) is 22.3 Å². The summed E-state index contributed by atoms with van der Waals surface area (Å²) < 4.78 is 17.1. The number of esters is 2. The van der Waals surface area contributed by atoms with Crippen LogP contribution in [0.3, 0.4) is 0 Å². The molecule has 5 aromatic carbocycles. The molecule has 21 heteroatoms. The zero-order valence-electron chi connectivity index (χ0n) is 45.6. The maximum Gasteiger partial charge on any atom is 0.413 e. The first-order valence-electron chi connectivity index (χ1n) is 25.8. The fraction of sp³-hybridized carbons (Fsp3) is 0.283. The first kappa shape index (κ1) is 58.0. The van der Waals surface area contributed by atoms with Gasteiger partial charge in [-0.15, -0.1) is 40.0 Å². The molecule has 2 aliphatic rings. The van der Waals surface area contributed by atoms with E-state index in [0.717, 1.165) is 28.0 Å². The number of nitrogens with one attached hydrogen (secondary N) is 3. The summed E-state index contributed by atoms with van der Waals surface area (Å²) in [5, 5.41) is 22.4. The van der Waals surface area contributed by atoms with Crippen LogP contribution in [0.4, 0.5) is 9.93 Å². The standard InChI is InChI=1S/C60H60N8O9S4/c1-57(2,3)75-53(72)59(7,8)77-66-45(42-35-79-55(62-42)64-56(73)76-58(4,5)6)49(69)63-46-50(70)68-47(52(71)74-48(37-24-14-9-15-25-37)38-26-16-10-17-27-38)43(36-78-51(46)68)80-54(81-44-34-61-67-65-44)60(39-28-18-11-19-29-39,40-30-20-12-21-31-40)41-32-22-13-23-33-41/h9-35,46,48,51,54H,36H2,1-8H3,(H,63,69)(H,61,65,67)(H,62,64,73)/b66-45+/t46-,51-,54?/m1/s1. The Balaban J connectivity index is 1.13. The van der Waals surface area contributed by atoms with E-state index < -0.39 is 79.9 Å². The molecule has 3 atom stereocenters. The molecule has 3 N–H and O–H groups in total. The number of nitrogens with zero attached hydrogens (tertiary/aromatic N) is 5. The van der Waals surface area contributed by atoms with Gasteiger partial charge in [-0.1, -0.05) is 169 Å². The van der Waals surface area contributed by atoms with Gasteiger partial charge in [0.25, 0.3) is 11.8 Å². The maximum atomic E-state index is 15.6. The molecule has 9 rings (SSSR count). The minimum atomic E-state index is -1.71. The number of oxime groups is 1. The molecule has 2 aliphatic heterocycles. The fourth-order valence-corrected chi connectivity index (χ4v) is 14.3. The van der Waals surface area contributed by atoms with E-state index >= 15 is 9.59 Å². The molecule has 0 aliphatic carbocycles. The SMILES string of the molecule is CC(C)(C)OC(=O)Nc1nc(/C(=N\OC(C)(C)C(=O)OC(C)(C)C)C(=O)N[C@@H]2C(=O)N3C(C(=O)OC(c4ccccc4)c4ccccc4)=C(SC(Sc4cn[nH]n4)C(c4ccccc4)(c4ccccc4)c4ccccc4)CS[C@H]23)cs1. The van der Waals surface area contributed by atoms with Gasteiger partial charge < -0.3 is 24.4 Å². The van der Waals surface area contributed by atoms with E-state index in [9.17, 15) is 14.4 Å². The number of anilines is 1. The second-order valence-electron chi connectivity index (χ2n) is 21.2. The molecule has 17 nitrogen and oxygen atoms in total. The van der Waals surface area contributed by atoms with Crippen LogP contribution in [0.1, 0.15) is 95.0 Å². The van der Waals surface area contributed by atoms with Crippen molar-refractivity contribution in [3.8, 4) is 0 Å². The molecule has 0 saturated carbocycles. The minimum Gasteiger partial charge on any atom is -0.457 e. The number of β-lactam (4-membered cyclic amide) rings is 1. The van der Waals surface area contributed by atoms with Gasteiger partial charge in [0, 0.05) is 16.0 Å². The number of thioether (sulfide) groups is 3. The lowest BCUT2D eigenvalue weighted by atomic mass is 9.70. The third kappa shape index (κ3) is 13.4. The van der Waals surface area contributed by atoms with Crippen LogP contribution in [-0.4, -0.2) is 99.4 Å². The normalized spacial score (nSPS) is 16.2. The smallest absolute Gasteiger partial charge is 0.413 e. The van der Waals surface area contributed by atoms with Gasteiger partial charge in [0.2, 0.25) is 5.60 Å². The van der Waals surface area contributed by atoms with Crippen molar-refractivity contribution in [2.45, 2.75) is 105 Å². The number of rotatable bonds is 19. The molecule has 0 spiro atoms. The van der Waals surface area contributed by atoms with Crippen molar-refractivity contribution in [1.29, 1.82) is 0 Å². The van der Waals surface area contributed by atoms with Crippen LogP contribution in [0.25, 0.3) is 0 Å². The highest BCUT2D eigenvalue weighted by Gasteiger charge is 2.56. The number of hydrogen-bond donors (Lipinski definition) is 3. The minimum absolute atomic E-state index is 0.0126. The zero-order valence-corrected chi connectivity index (χ0v) is 48.9. The van der Waals surface area contributed by atoms with Crippen LogP contribution >= 0.6 is 46.6 Å². The van der Waals surface area contributed by atoms with Crippen molar-refractivity contribution in [2.75, 3.05) is 11.1 Å². The van der Waals surface area contributed by atoms with Gasteiger partial charge in [-0.2, -0.15) is 10.3 Å². The van der Waals surface area contributed by atoms with Crippen LogP contribution in [-0.2, 0) is 43.6 Å². The number of thiazole rings is 1. The summed E-state index contributed by atoms with van der Waals surface area (Å²) in [4.78, 5) is 83.8. The number of hydrogen-bond acceptors (Lipinski definition) is 17. The Bertz CT molecular complexity index is 3270. The Kier molecular flexibility index (Phi) is 17.6. The largest absolute Gasteiger partial charge is 0.457 e. The number of carbonyl (C=O) groups is 5. The molecule has 1 fully saturated rings. The summed E-state index contributed by atoms with van der Waals surface area (Å²) in [5.41, 5.74) is -0.494. The summed E-state index contributed by atoms with van der Waals surface area (Å²) in [7, 11) is 0. The third-order valence-electron chi connectivity index (χ3n) is 12.6. The molecule has 418 valence electrons. The van der Waals surface area contributed by atoms with Gasteiger partial charge in [-0.25, -0.2) is 19.4 Å². The summed E-state index contributed by atoms with van der Waals surface area (Å²) in [6, 6.07) is 48.0. The summed E-state index contributed by atoms with van der Waals surface area (Å²) in [5.74, 6) is -2.83. The van der Waals surface area contributed by atoms with E-state index in [1.54, 1.807) is 47.7 Å². The van der Waals surface area contributed by atoms with Crippen molar-refractivity contribution < 1.29 is 43.0 Å². The van der Waals surface area contributed by atoms with Crippen LogP contribution in [0.15, 0.2) is 184 Å². The first-order valence-corrected chi connectivity index (χ1v) is 29.5. The highest BCUT2D eigenvalue weighted by Crippen LogP contribution is 2.56. The predicted octanol–water partition coefficient (Wildman–Crippen LogP) is 11.3. The molecule has 7 aromatic rings. The molecular weight excluding hydrogens is 1100 g/mol. The second kappa shape index (κ2) is 24.6. The predicted molar refractivity (Wildman–Crippen MR) is 315 cm³/mol. The summed E-state index contributed by atoms with van der Waals surface area (Å²) >= 11 is 5.23. The van der Waals surface area contributed by atoms with Gasteiger partial charge in [0.15, 0.2) is 16.9 Å². The number of amides is 3. The number of H-pyrrole nitrogens is 1. The maximum absolute atomic E-state index is 15.6. The molecule has 0 bridgehead atoms. The Labute approximate surface area is 486 Å². The summed E-state index contributed by atoms with van der Waals surface area (Å²) in [6.07, 6.45) is -0.0100. The van der Waals surface area contributed by atoms with Crippen molar-refractivity contribution in [3.05, 3.63) is 207 Å². The monoisotopic (exact) mass is 1160 g/mol. The third-order valence-corrected chi connectivity index (χ3v) is 17.6. The Morgan fingerprint density at radius 1 is 0.728 bits per heavy atom. The van der Waals surface area contributed by atoms with E-state index in [2.05, 4.69) is 72.6 Å². The quantitative estimate of drug-likeness (QED) is 0.0100. The van der Waals surface area contributed by atoms with Crippen LogP contribution in [0, 0.1) is 0 Å². The average Bonchev–Trinajstić information content (AvgIpc) is 4.20. The molecule has 0 radical (unpaired) electrons. The Morgan fingerprint density at radius 2 is 1.26 bits per heavy atom. The molecule has 4 heterocycles. The number of carbonyl (C=O) groups excluding carboxylic acids is 5. The van der Waals surface area contributed by atoms with Crippen LogP contribution in [0.5, 0.6) is 0 Å². The van der Waals surface area contributed by atoms with Crippen molar-refractivity contribution >= 4 is 87.3 Å². The van der Waals surface area contributed by atoms with E-state index in [0.29, 0.717) is 21.1 Å². The number of aromatic nitrogens is 4. The molecular formula is C60H60N8O9S4.